The molecule has 4 fully saturated rings. The van der Waals surface area contributed by atoms with E-state index in [0.29, 0.717) is 36.6 Å². The molecule has 2 aliphatic carbocycles. The first-order valence-electron chi connectivity index (χ1n) is 9.31. The summed E-state index contributed by atoms with van der Waals surface area (Å²) in [6.07, 6.45) is 10.4. The van der Waals surface area contributed by atoms with E-state index in [1.165, 1.54) is 38.4 Å². The van der Waals surface area contributed by atoms with Crippen molar-refractivity contribution < 1.29 is 13.2 Å². The molecule has 0 amide bonds. The van der Waals surface area contributed by atoms with Crippen molar-refractivity contribution in [2.45, 2.75) is 57.1 Å². The Labute approximate surface area is 140 Å². The monoisotopic (exact) mass is 342 g/mol. The van der Waals surface area contributed by atoms with E-state index in [9.17, 15) is 8.42 Å². The number of hydrogen-bond acceptors (Lipinski definition) is 4. The molecule has 2 saturated heterocycles. The Morgan fingerprint density at radius 3 is 2.52 bits per heavy atom. The van der Waals surface area contributed by atoms with Crippen molar-refractivity contribution in [3.05, 3.63) is 0 Å². The van der Waals surface area contributed by atoms with E-state index in [1.54, 1.807) is 4.31 Å². The molecule has 0 aromatic carbocycles. The summed E-state index contributed by atoms with van der Waals surface area (Å²) in [6.45, 7) is 3.38. The molecule has 1 N–H and O–H groups in total. The number of nitrogens with zero attached hydrogens (tertiary/aromatic N) is 1. The first-order chi connectivity index (χ1) is 11.0. The second kappa shape index (κ2) is 5.97. The molecule has 2 aliphatic heterocycles. The average molecular weight is 343 g/mol. The Morgan fingerprint density at radius 1 is 1.17 bits per heavy atom. The third kappa shape index (κ3) is 2.75. The lowest BCUT2D eigenvalue weighted by Gasteiger charge is -2.57. The van der Waals surface area contributed by atoms with Crippen LogP contribution in [0.1, 0.15) is 44.9 Å². The van der Waals surface area contributed by atoms with Crippen LogP contribution in [0.3, 0.4) is 0 Å². The molecule has 0 radical (unpaired) electrons. The number of sulfonamides is 1. The maximum atomic E-state index is 11.6. The Morgan fingerprint density at radius 2 is 1.87 bits per heavy atom. The lowest BCUT2D eigenvalue weighted by atomic mass is 9.54. The lowest BCUT2D eigenvalue weighted by molar-refractivity contribution is -0.131. The van der Waals surface area contributed by atoms with Crippen LogP contribution in [0, 0.1) is 17.3 Å². The summed E-state index contributed by atoms with van der Waals surface area (Å²) in [5.74, 6) is 1.34. The summed E-state index contributed by atoms with van der Waals surface area (Å²) in [5.41, 5.74) is 0.425. The highest BCUT2D eigenvalue weighted by Crippen LogP contribution is 2.60. The standard InChI is InChI=1S/C17H30N2O3S/c1-23(20,21)19-9-4-13(5-10-19)12-18-15-14-6-11-22-16(14)17(15)7-2-3-8-17/h13-16,18H,2-12H2,1H3. The van der Waals surface area contributed by atoms with Gasteiger partial charge in [-0.05, 0) is 44.6 Å². The average Bonchev–Trinajstić information content (AvgIpc) is 3.15. The molecule has 2 heterocycles. The van der Waals surface area contributed by atoms with Gasteiger partial charge in [0.05, 0.1) is 12.4 Å². The molecule has 3 atom stereocenters. The minimum absolute atomic E-state index is 0.425. The van der Waals surface area contributed by atoms with Crippen molar-refractivity contribution in [2.24, 2.45) is 17.3 Å². The minimum atomic E-state index is -3.01. The molecule has 23 heavy (non-hydrogen) atoms. The van der Waals surface area contributed by atoms with Crippen molar-refractivity contribution in [3.8, 4) is 0 Å². The van der Waals surface area contributed by atoms with Gasteiger partial charge in [-0.15, -0.1) is 0 Å². The first-order valence-corrected chi connectivity index (χ1v) is 11.2. The van der Waals surface area contributed by atoms with Crippen molar-refractivity contribution in [1.29, 1.82) is 0 Å². The molecule has 4 rings (SSSR count). The molecule has 6 heteroatoms. The van der Waals surface area contributed by atoms with E-state index < -0.39 is 10.0 Å². The zero-order valence-electron chi connectivity index (χ0n) is 14.2. The predicted octanol–water partition coefficient (Wildman–Crippen LogP) is 1.60. The van der Waals surface area contributed by atoms with Crippen LogP contribution < -0.4 is 5.32 Å². The minimum Gasteiger partial charge on any atom is -0.377 e. The number of rotatable bonds is 4. The lowest BCUT2D eigenvalue weighted by Crippen LogP contribution is -2.67. The first kappa shape index (κ1) is 16.3. The van der Waals surface area contributed by atoms with E-state index in [4.69, 9.17) is 4.74 Å². The van der Waals surface area contributed by atoms with Gasteiger partial charge in [0.15, 0.2) is 0 Å². The molecule has 5 nitrogen and oxygen atoms in total. The van der Waals surface area contributed by atoms with Crippen LogP contribution in [-0.2, 0) is 14.8 Å². The fraction of sp³-hybridized carbons (Fsp3) is 1.00. The quantitative estimate of drug-likeness (QED) is 0.843. The zero-order chi connectivity index (χ0) is 16.1. The molecule has 0 bridgehead atoms. The van der Waals surface area contributed by atoms with Gasteiger partial charge in [0, 0.05) is 37.1 Å². The Hall–Kier alpha value is -0.170. The summed E-state index contributed by atoms with van der Waals surface area (Å²) >= 11 is 0. The van der Waals surface area contributed by atoms with Gasteiger partial charge in [-0.2, -0.15) is 0 Å². The van der Waals surface area contributed by atoms with Crippen molar-refractivity contribution >= 4 is 10.0 Å². The van der Waals surface area contributed by atoms with Gasteiger partial charge in [-0.25, -0.2) is 12.7 Å². The fourth-order valence-corrected chi connectivity index (χ4v) is 6.62. The van der Waals surface area contributed by atoms with Crippen LogP contribution in [0.5, 0.6) is 0 Å². The molecule has 2 saturated carbocycles. The van der Waals surface area contributed by atoms with Gasteiger partial charge in [0.25, 0.3) is 0 Å². The van der Waals surface area contributed by atoms with E-state index in [2.05, 4.69) is 5.32 Å². The topological polar surface area (TPSA) is 58.6 Å². The van der Waals surface area contributed by atoms with E-state index in [1.807, 2.05) is 0 Å². The molecule has 4 aliphatic rings. The normalized spacial score (nSPS) is 37.9. The highest BCUT2D eigenvalue weighted by atomic mass is 32.2. The predicted molar refractivity (Wildman–Crippen MR) is 89.7 cm³/mol. The van der Waals surface area contributed by atoms with Gasteiger partial charge in [-0.3, -0.25) is 0 Å². The molecule has 3 unspecified atom stereocenters. The van der Waals surface area contributed by atoms with Gasteiger partial charge >= 0.3 is 0 Å². The van der Waals surface area contributed by atoms with Crippen LogP contribution in [0.15, 0.2) is 0 Å². The van der Waals surface area contributed by atoms with E-state index >= 15 is 0 Å². The van der Waals surface area contributed by atoms with Crippen LogP contribution in [0.25, 0.3) is 0 Å². The molecule has 0 aromatic rings. The molecular formula is C17H30N2O3S. The molecule has 0 aromatic heterocycles. The van der Waals surface area contributed by atoms with Gasteiger partial charge in [-0.1, -0.05) is 12.8 Å². The van der Waals surface area contributed by atoms with Crippen LogP contribution in [-0.4, -0.2) is 57.4 Å². The van der Waals surface area contributed by atoms with Gasteiger partial charge < -0.3 is 10.1 Å². The smallest absolute Gasteiger partial charge is 0.211 e. The number of ether oxygens (including phenoxy) is 1. The van der Waals surface area contributed by atoms with Crippen LogP contribution >= 0.6 is 0 Å². The third-order valence-electron chi connectivity index (χ3n) is 6.96. The van der Waals surface area contributed by atoms with Crippen molar-refractivity contribution in [2.75, 3.05) is 32.5 Å². The molecular weight excluding hydrogens is 312 g/mol. The number of fused-ring (bicyclic) bond motifs is 2. The Kier molecular flexibility index (Phi) is 4.23. The Bertz CT molecular complexity index is 536. The van der Waals surface area contributed by atoms with Crippen LogP contribution in [0.2, 0.25) is 0 Å². The maximum absolute atomic E-state index is 11.6. The zero-order valence-corrected chi connectivity index (χ0v) is 15.0. The fourth-order valence-electron chi connectivity index (χ4n) is 5.75. The number of nitrogens with one attached hydrogen (secondary N) is 1. The largest absolute Gasteiger partial charge is 0.377 e. The SMILES string of the molecule is CS(=O)(=O)N1CCC(CNC2C3CCOC3C23CCCC3)CC1. The summed E-state index contributed by atoms with van der Waals surface area (Å²) in [4.78, 5) is 0. The number of hydrogen-bond donors (Lipinski definition) is 1. The van der Waals surface area contributed by atoms with Crippen molar-refractivity contribution in [1.82, 2.24) is 9.62 Å². The third-order valence-corrected chi connectivity index (χ3v) is 8.26. The summed E-state index contributed by atoms with van der Waals surface area (Å²) in [5, 5.41) is 3.90. The molecule has 132 valence electrons. The Balaban J connectivity index is 1.31. The summed E-state index contributed by atoms with van der Waals surface area (Å²) in [6, 6.07) is 0.644. The molecule has 1 spiro atoms. The highest BCUT2D eigenvalue weighted by molar-refractivity contribution is 7.88. The van der Waals surface area contributed by atoms with Crippen molar-refractivity contribution in [3.63, 3.8) is 0 Å². The summed E-state index contributed by atoms with van der Waals surface area (Å²) in [7, 11) is -3.01. The van der Waals surface area contributed by atoms with Crippen LogP contribution in [0.4, 0.5) is 0 Å². The second-order valence-electron chi connectivity index (χ2n) is 8.18. The summed E-state index contributed by atoms with van der Waals surface area (Å²) < 4.78 is 30.9. The van der Waals surface area contributed by atoms with E-state index in [0.717, 1.165) is 31.9 Å². The van der Waals surface area contributed by atoms with E-state index in [-0.39, 0.29) is 0 Å². The van der Waals surface area contributed by atoms with Gasteiger partial charge in [0.2, 0.25) is 10.0 Å². The highest BCUT2D eigenvalue weighted by Gasteiger charge is 2.64. The number of piperidine rings is 1. The van der Waals surface area contributed by atoms with Gasteiger partial charge in [0.1, 0.15) is 0 Å². The second-order valence-corrected chi connectivity index (χ2v) is 10.2. The maximum Gasteiger partial charge on any atom is 0.211 e.